The first-order valence-electron chi connectivity index (χ1n) is 5.78. The molecule has 1 aliphatic rings. The monoisotopic (exact) mass is 246 g/mol. The fraction of sp³-hybridized carbons (Fsp3) is 0.417. The van der Waals surface area contributed by atoms with E-state index in [4.69, 9.17) is 5.26 Å². The molecular weight excluding hydrogens is 232 g/mol. The van der Waals surface area contributed by atoms with Gasteiger partial charge in [0.15, 0.2) is 0 Å². The first-order valence-corrected chi connectivity index (χ1v) is 5.78. The van der Waals surface area contributed by atoms with Gasteiger partial charge >= 0.3 is 0 Å². The SMILES string of the molecule is CC1CN(c2ccc([N+](=O)[O-])c(C#N)c2)CCN1. The van der Waals surface area contributed by atoms with E-state index in [9.17, 15) is 10.1 Å². The van der Waals surface area contributed by atoms with Gasteiger partial charge in [-0.2, -0.15) is 5.26 Å². The highest BCUT2D eigenvalue weighted by molar-refractivity contribution is 5.60. The summed E-state index contributed by atoms with van der Waals surface area (Å²) in [4.78, 5) is 12.4. The topological polar surface area (TPSA) is 82.2 Å². The Morgan fingerprint density at radius 3 is 3.00 bits per heavy atom. The molecular formula is C12H14N4O2. The molecule has 18 heavy (non-hydrogen) atoms. The third-order valence-corrected chi connectivity index (χ3v) is 3.03. The molecule has 0 aliphatic carbocycles. The van der Waals surface area contributed by atoms with E-state index in [0.717, 1.165) is 25.3 Å². The molecule has 0 bridgehead atoms. The maximum atomic E-state index is 10.8. The first-order chi connectivity index (χ1) is 8.61. The van der Waals surface area contributed by atoms with E-state index in [1.807, 2.05) is 6.07 Å². The third kappa shape index (κ3) is 2.41. The number of hydrogen-bond acceptors (Lipinski definition) is 5. The summed E-state index contributed by atoms with van der Waals surface area (Å²) in [5, 5.41) is 23.0. The molecule has 1 aromatic rings. The van der Waals surface area contributed by atoms with E-state index in [2.05, 4.69) is 17.1 Å². The highest BCUT2D eigenvalue weighted by Crippen LogP contribution is 2.25. The lowest BCUT2D eigenvalue weighted by Crippen LogP contribution is -2.49. The van der Waals surface area contributed by atoms with Crippen LogP contribution in [0.2, 0.25) is 0 Å². The molecule has 1 aliphatic heterocycles. The van der Waals surface area contributed by atoms with Crippen molar-refractivity contribution in [2.45, 2.75) is 13.0 Å². The predicted octanol–water partition coefficient (Wildman–Crippen LogP) is 1.26. The van der Waals surface area contributed by atoms with Crippen molar-refractivity contribution in [3.05, 3.63) is 33.9 Å². The van der Waals surface area contributed by atoms with Crippen LogP contribution in [0.4, 0.5) is 11.4 Å². The van der Waals surface area contributed by atoms with Crippen molar-refractivity contribution in [2.24, 2.45) is 0 Å². The number of nitriles is 1. The van der Waals surface area contributed by atoms with Crippen LogP contribution in [-0.2, 0) is 0 Å². The molecule has 6 nitrogen and oxygen atoms in total. The normalized spacial score (nSPS) is 19.3. The Morgan fingerprint density at radius 1 is 1.61 bits per heavy atom. The second kappa shape index (κ2) is 5.02. The van der Waals surface area contributed by atoms with Crippen LogP contribution in [0.5, 0.6) is 0 Å². The molecule has 1 atom stereocenters. The highest BCUT2D eigenvalue weighted by atomic mass is 16.6. The summed E-state index contributed by atoms with van der Waals surface area (Å²) in [6.07, 6.45) is 0. The zero-order valence-corrected chi connectivity index (χ0v) is 10.1. The lowest BCUT2D eigenvalue weighted by atomic mass is 10.1. The maximum Gasteiger partial charge on any atom is 0.287 e. The molecule has 0 radical (unpaired) electrons. The van der Waals surface area contributed by atoms with Gasteiger partial charge in [-0.15, -0.1) is 0 Å². The molecule has 0 aromatic heterocycles. The van der Waals surface area contributed by atoms with E-state index in [0.29, 0.717) is 6.04 Å². The van der Waals surface area contributed by atoms with Crippen LogP contribution in [0.1, 0.15) is 12.5 Å². The average molecular weight is 246 g/mol. The Bertz CT molecular complexity index is 509. The Kier molecular flexibility index (Phi) is 3.44. The molecule has 2 rings (SSSR count). The molecule has 1 fully saturated rings. The van der Waals surface area contributed by atoms with Gasteiger partial charge in [0.05, 0.1) is 4.92 Å². The maximum absolute atomic E-state index is 10.8. The summed E-state index contributed by atoms with van der Waals surface area (Å²) < 4.78 is 0. The van der Waals surface area contributed by atoms with Crippen LogP contribution in [0.15, 0.2) is 18.2 Å². The van der Waals surface area contributed by atoms with E-state index in [1.165, 1.54) is 6.07 Å². The van der Waals surface area contributed by atoms with Gasteiger partial charge in [0, 0.05) is 37.4 Å². The smallest absolute Gasteiger partial charge is 0.287 e. The zero-order chi connectivity index (χ0) is 13.1. The van der Waals surface area contributed by atoms with Gasteiger partial charge in [0.2, 0.25) is 0 Å². The van der Waals surface area contributed by atoms with Crippen molar-refractivity contribution in [2.75, 3.05) is 24.5 Å². The standard InChI is InChI=1S/C12H14N4O2/c1-9-8-15(5-4-14-9)11-2-3-12(16(17)18)10(6-11)7-13/h2-3,6,9,14H,4-5,8H2,1H3. The number of nitrogens with zero attached hydrogens (tertiary/aromatic N) is 3. The molecule has 0 spiro atoms. The Labute approximate surface area is 105 Å². The Morgan fingerprint density at radius 2 is 2.39 bits per heavy atom. The van der Waals surface area contributed by atoms with E-state index in [-0.39, 0.29) is 11.3 Å². The minimum atomic E-state index is -0.525. The van der Waals surface area contributed by atoms with Crippen LogP contribution in [0.3, 0.4) is 0 Å². The largest absolute Gasteiger partial charge is 0.369 e. The van der Waals surface area contributed by atoms with Crippen molar-refractivity contribution in [3.63, 3.8) is 0 Å². The van der Waals surface area contributed by atoms with Gasteiger partial charge in [-0.05, 0) is 19.1 Å². The van der Waals surface area contributed by atoms with Gasteiger partial charge in [-0.3, -0.25) is 10.1 Å². The molecule has 94 valence electrons. The zero-order valence-electron chi connectivity index (χ0n) is 10.1. The quantitative estimate of drug-likeness (QED) is 0.627. The van der Waals surface area contributed by atoms with Crippen LogP contribution in [-0.4, -0.2) is 30.6 Å². The second-order valence-corrected chi connectivity index (χ2v) is 4.37. The van der Waals surface area contributed by atoms with E-state index in [1.54, 1.807) is 12.1 Å². The average Bonchev–Trinajstić information content (AvgIpc) is 2.37. The fourth-order valence-corrected chi connectivity index (χ4v) is 2.14. The summed E-state index contributed by atoms with van der Waals surface area (Å²) >= 11 is 0. The third-order valence-electron chi connectivity index (χ3n) is 3.03. The molecule has 1 saturated heterocycles. The van der Waals surface area contributed by atoms with Gasteiger partial charge in [-0.1, -0.05) is 0 Å². The fourth-order valence-electron chi connectivity index (χ4n) is 2.14. The number of nitro groups is 1. The first kappa shape index (κ1) is 12.3. The summed E-state index contributed by atoms with van der Waals surface area (Å²) in [5.74, 6) is 0. The number of nitrogens with one attached hydrogen (secondary N) is 1. The molecule has 1 aromatic carbocycles. The van der Waals surface area contributed by atoms with Crippen molar-refractivity contribution in [1.29, 1.82) is 5.26 Å². The van der Waals surface area contributed by atoms with Crippen molar-refractivity contribution in [3.8, 4) is 6.07 Å². The van der Waals surface area contributed by atoms with E-state index >= 15 is 0 Å². The second-order valence-electron chi connectivity index (χ2n) is 4.37. The summed E-state index contributed by atoms with van der Waals surface area (Å²) in [6, 6.07) is 6.96. The van der Waals surface area contributed by atoms with Gasteiger partial charge in [0.25, 0.3) is 5.69 Å². The molecule has 0 saturated carbocycles. The number of hydrogen-bond donors (Lipinski definition) is 1. The number of rotatable bonds is 2. The molecule has 0 amide bonds. The molecule has 6 heteroatoms. The lowest BCUT2D eigenvalue weighted by molar-refractivity contribution is -0.385. The number of nitro benzene ring substituents is 1. The molecule has 1 unspecified atom stereocenters. The highest BCUT2D eigenvalue weighted by Gasteiger charge is 2.19. The van der Waals surface area contributed by atoms with Crippen LogP contribution in [0.25, 0.3) is 0 Å². The van der Waals surface area contributed by atoms with E-state index < -0.39 is 4.92 Å². The Balaban J connectivity index is 2.30. The van der Waals surface area contributed by atoms with Crippen molar-refractivity contribution < 1.29 is 4.92 Å². The summed E-state index contributed by atoms with van der Waals surface area (Å²) in [5.41, 5.74) is 0.846. The van der Waals surface area contributed by atoms with Gasteiger partial charge < -0.3 is 10.2 Å². The van der Waals surface area contributed by atoms with Crippen LogP contribution in [0, 0.1) is 21.4 Å². The number of piperazine rings is 1. The lowest BCUT2D eigenvalue weighted by Gasteiger charge is -2.33. The summed E-state index contributed by atoms with van der Waals surface area (Å²) in [6.45, 7) is 4.64. The number of anilines is 1. The predicted molar refractivity (Wildman–Crippen MR) is 67.5 cm³/mol. The van der Waals surface area contributed by atoms with Gasteiger partial charge in [0.1, 0.15) is 11.6 Å². The van der Waals surface area contributed by atoms with Crippen LogP contribution >= 0.6 is 0 Å². The number of benzene rings is 1. The van der Waals surface area contributed by atoms with Crippen molar-refractivity contribution in [1.82, 2.24) is 5.32 Å². The Hall–Kier alpha value is -2.13. The minimum Gasteiger partial charge on any atom is -0.369 e. The van der Waals surface area contributed by atoms with Gasteiger partial charge in [-0.25, -0.2) is 0 Å². The van der Waals surface area contributed by atoms with Crippen LogP contribution < -0.4 is 10.2 Å². The molecule has 1 N–H and O–H groups in total. The van der Waals surface area contributed by atoms with Crippen molar-refractivity contribution >= 4 is 11.4 Å². The minimum absolute atomic E-state index is 0.115. The summed E-state index contributed by atoms with van der Waals surface area (Å²) in [7, 11) is 0. The molecule has 1 heterocycles.